The second-order valence-corrected chi connectivity index (χ2v) is 14.2. The van der Waals surface area contributed by atoms with Gasteiger partial charge in [-0.1, -0.05) is 82.8 Å². The maximum atomic E-state index is 13.9. The fraction of sp³-hybridized carbons (Fsp3) is 0.714. The van der Waals surface area contributed by atoms with Gasteiger partial charge in [0.25, 0.3) is 0 Å². The third-order valence-corrected chi connectivity index (χ3v) is 12.0. The van der Waals surface area contributed by atoms with E-state index in [1.807, 2.05) is 0 Å². The lowest BCUT2D eigenvalue weighted by molar-refractivity contribution is 0.184. The molecule has 0 amide bonds. The molecule has 0 N–H and O–H groups in total. The third kappa shape index (κ3) is 7.97. The van der Waals surface area contributed by atoms with Crippen LogP contribution in [0.5, 0.6) is 0 Å². The summed E-state index contributed by atoms with van der Waals surface area (Å²) in [6.07, 6.45) is 16.0. The molecule has 0 spiro atoms. The van der Waals surface area contributed by atoms with Crippen molar-refractivity contribution < 1.29 is 17.6 Å². The van der Waals surface area contributed by atoms with Crippen LogP contribution in [0, 0.1) is 29.4 Å². The Morgan fingerprint density at radius 2 is 1.55 bits per heavy atom. The molecule has 1 saturated carbocycles. The molecule has 2 aliphatic rings. The number of unbranched alkanes of at least 4 members (excludes halogenated alkanes) is 3. The van der Waals surface area contributed by atoms with E-state index < -0.39 is 38.2 Å². The van der Waals surface area contributed by atoms with E-state index in [0.717, 1.165) is 42.7 Å². The number of benzene rings is 1. The number of aryl methyl sites for hydroxylation is 1. The van der Waals surface area contributed by atoms with Crippen molar-refractivity contribution in [2.24, 2.45) is 17.8 Å². The average Bonchev–Trinajstić information content (AvgIpc) is 2.82. The average molecular weight is 483 g/mol. The first-order valence-electron chi connectivity index (χ1n) is 13.5. The first-order chi connectivity index (χ1) is 16.0. The highest BCUT2D eigenvalue weighted by atomic mass is 28.3. The lowest BCUT2D eigenvalue weighted by Gasteiger charge is -2.37. The molecular weight excluding hydrogens is 440 g/mol. The molecular formula is C28H42F4Si. The maximum Gasteiger partial charge on any atom is 0.164 e. The van der Waals surface area contributed by atoms with Crippen molar-refractivity contribution in [1.82, 2.24) is 0 Å². The van der Waals surface area contributed by atoms with Crippen molar-refractivity contribution in [2.45, 2.75) is 109 Å². The largest absolute Gasteiger partial charge is 0.212 e. The minimum atomic E-state index is -1.51. The van der Waals surface area contributed by atoms with E-state index in [9.17, 15) is 17.6 Å². The lowest BCUT2D eigenvalue weighted by Crippen LogP contribution is -2.28. The summed E-state index contributed by atoms with van der Waals surface area (Å²) in [6, 6.07) is 7.03. The third-order valence-electron chi connectivity index (χ3n) is 8.43. The fourth-order valence-electron chi connectivity index (χ4n) is 6.39. The normalized spacial score (nSPS) is 26.5. The summed E-state index contributed by atoms with van der Waals surface area (Å²) in [5, 5.41) is 0. The molecule has 0 nitrogen and oxygen atoms in total. The van der Waals surface area contributed by atoms with E-state index in [2.05, 4.69) is 6.92 Å². The van der Waals surface area contributed by atoms with Crippen LogP contribution in [-0.2, 0) is 6.42 Å². The smallest absolute Gasteiger partial charge is 0.164 e. The zero-order valence-electron chi connectivity index (χ0n) is 20.4. The summed E-state index contributed by atoms with van der Waals surface area (Å²) in [6.45, 7) is 2.30. The molecule has 1 aromatic carbocycles. The Hall–Kier alpha value is -1.10. The van der Waals surface area contributed by atoms with E-state index >= 15 is 0 Å². The molecule has 0 unspecified atom stereocenters. The zero-order chi connectivity index (χ0) is 23.6. The van der Waals surface area contributed by atoms with Gasteiger partial charge in [0.1, 0.15) is 18.0 Å². The molecule has 3 rings (SSSR count). The van der Waals surface area contributed by atoms with Crippen molar-refractivity contribution in [3.8, 4) is 0 Å². The van der Waals surface area contributed by atoms with Crippen molar-refractivity contribution in [1.29, 1.82) is 0 Å². The molecule has 5 heteroatoms. The van der Waals surface area contributed by atoms with Crippen LogP contribution in [0.15, 0.2) is 18.5 Å². The van der Waals surface area contributed by atoms with E-state index in [4.69, 9.17) is 0 Å². The van der Waals surface area contributed by atoms with Gasteiger partial charge in [-0.2, -0.15) is 0 Å². The molecule has 1 aliphatic carbocycles. The molecule has 1 saturated heterocycles. The lowest BCUT2D eigenvalue weighted by atomic mass is 9.73. The van der Waals surface area contributed by atoms with Crippen molar-refractivity contribution in [2.75, 3.05) is 0 Å². The Kier molecular flexibility index (Phi) is 11.0. The summed E-state index contributed by atoms with van der Waals surface area (Å²) >= 11 is 0. The highest BCUT2D eigenvalue weighted by Gasteiger charge is 2.31. The summed E-state index contributed by atoms with van der Waals surface area (Å²) in [5.74, 6) is -0.838. The van der Waals surface area contributed by atoms with Gasteiger partial charge < -0.3 is 0 Å². The fourth-order valence-corrected chi connectivity index (χ4v) is 9.93. The maximum absolute atomic E-state index is 13.9. The predicted molar refractivity (Wildman–Crippen MR) is 133 cm³/mol. The van der Waals surface area contributed by atoms with Crippen molar-refractivity contribution in [3.63, 3.8) is 0 Å². The molecule has 1 aromatic rings. The second-order valence-electron chi connectivity index (χ2n) is 10.7. The van der Waals surface area contributed by atoms with E-state index in [0.29, 0.717) is 12.0 Å². The van der Waals surface area contributed by atoms with Crippen LogP contribution < -0.4 is 0 Å². The van der Waals surface area contributed by atoms with Gasteiger partial charge in [0, 0.05) is 8.80 Å². The first-order valence-corrected chi connectivity index (χ1v) is 15.9. The van der Waals surface area contributed by atoms with Gasteiger partial charge in [-0.3, -0.25) is 0 Å². The molecule has 0 bridgehead atoms. The summed E-state index contributed by atoms with van der Waals surface area (Å²) in [5.41, 5.74) is -0.400. The predicted octanol–water partition coefficient (Wildman–Crippen LogP) is 9.55. The van der Waals surface area contributed by atoms with Crippen LogP contribution in [0.4, 0.5) is 17.6 Å². The highest BCUT2D eigenvalue weighted by molar-refractivity contribution is 6.58. The van der Waals surface area contributed by atoms with Gasteiger partial charge in [-0.15, -0.1) is 0 Å². The summed E-state index contributed by atoms with van der Waals surface area (Å²) < 4.78 is 53.4. The number of rotatable bonds is 11. The Morgan fingerprint density at radius 1 is 0.909 bits per heavy atom. The Bertz CT molecular complexity index is 723. The topological polar surface area (TPSA) is 0 Å². The molecule has 186 valence electrons. The molecule has 33 heavy (non-hydrogen) atoms. The number of hydrogen-bond acceptors (Lipinski definition) is 0. The Labute approximate surface area is 199 Å². The highest BCUT2D eigenvalue weighted by Crippen LogP contribution is 2.42. The van der Waals surface area contributed by atoms with Gasteiger partial charge in [-0.25, -0.2) is 17.6 Å². The zero-order valence-corrected chi connectivity index (χ0v) is 21.5. The van der Waals surface area contributed by atoms with Gasteiger partial charge in [0.15, 0.2) is 5.83 Å². The molecule has 1 aliphatic heterocycles. The van der Waals surface area contributed by atoms with Crippen LogP contribution in [0.3, 0.4) is 0 Å². The van der Waals surface area contributed by atoms with Crippen LogP contribution in [0.25, 0.3) is 5.83 Å². The van der Waals surface area contributed by atoms with Crippen molar-refractivity contribution >= 4 is 14.6 Å². The molecule has 1 heterocycles. The Balaban J connectivity index is 1.32. The van der Waals surface area contributed by atoms with E-state index in [1.165, 1.54) is 64.2 Å². The second kappa shape index (κ2) is 13.7. The quantitative estimate of drug-likeness (QED) is 0.167. The molecule has 0 radical (unpaired) electrons. The monoisotopic (exact) mass is 482 g/mol. The number of halogens is 4. The summed E-state index contributed by atoms with van der Waals surface area (Å²) in [7, 11) is -0.410. The molecule has 2 fully saturated rings. The van der Waals surface area contributed by atoms with Crippen LogP contribution in [0.1, 0.15) is 95.1 Å². The van der Waals surface area contributed by atoms with Gasteiger partial charge >= 0.3 is 0 Å². The Morgan fingerprint density at radius 3 is 2.15 bits per heavy atom. The molecule has 0 atom stereocenters. The van der Waals surface area contributed by atoms with E-state index in [1.54, 1.807) is 18.1 Å². The van der Waals surface area contributed by atoms with Crippen LogP contribution >= 0.6 is 0 Å². The van der Waals surface area contributed by atoms with Crippen LogP contribution in [-0.4, -0.2) is 8.80 Å². The standard InChI is InChI=1S/C28H42F4Si/c1-2-3-6-15-33-16-13-24(14-17-33)23-11-9-21(10-12-23)7-4-5-8-22-18-25(30)28(26(31)19-22)27(32)20-29/h18-21,23-24,33H,2-17H2,1H3/b27-20-. The first kappa shape index (κ1) is 26.5. The van der Waals surface area contributed by atoms with Crippen molar-refractivity contribution in [3.05, 3.63) is 41.2 Å². The van der Waals surface area contributed by atoms with Gasteiger partial charge in [-0.05, 0) is 61.1 Å². The van der Waals surface area contributed by atoms with E-state index in [-0.39, 0.29) is 0 Å². The SMILES string of the molecule is CCCCC[SiH]1CCC(C2CCC(CCCCc3cc(F)c(/C(F)=C/F)c(F)c3)CC2)CC1. The minimum absolute atomic E-state index is 0.406. The summed E-state index contributed by atoms with van der Waals surface area (Å²) in [4.78, 5) is 0. The molecule has 0 aromatic heterocycles. The van der Waals surface area contributed by atoms with Crippen LogP contribution in [0.2, 0.25) is 18.1 Å². The number of hydrogen-bond donors (Lipinski definition) is 0. The van der Waals surface area contributed by atoms with Gasteiger partial charge in [0.05, 0.1) is 5.56 Å². The minimum Gasteiger partial charge on any atom is -0.212 e. The van der Waals surface area contributed by atoms with Gasteiger partial charge in [0.2, 0.25) is 0 Å².